The molecule has 0 aromatic heterocycles. The highest BCUT2D eigenvalue weighted by atomic mass is 19.1. The summed E-state index contributed by atoms with van der Waals surface area (Å²) in [5.41, 5.74) is 1.06. The monoisotopic (exact) mass is 271 g/mol. The molecule has 0 aliphatic rings. The molecular weight excluding hydrogens is 254 g/mol. The van der Waals surface area contributed by atoms with Crippen LogP contribution >= 0.6 is 0 Å². The Bertz CT molecular complexity index is 618. The zero-order valence-corrected chi connectivity index (χ0v) is 11.8. The summed E-state index contributed by atoms with van der Waals surface area (Å²) >= 11 is 0. The van der Waals surface area contributed by atoms with Gasteiger partial charge in [-0.1, -0.05) is 42.5 Å². The Balaban J connectivity index is 2.43. The number of halogens is 1. The van der Waals surface area contributed by atoms with Crippen molar-refractivity contribution in [2.75, 3.05) is 7.11 Å². The van der Waals surface area contributed by atoms with Gasteiger partial charge >= 0.3 is 5.97 Å². The van der Waals surface area contributed by atoms with Crippen molar-refractivity contribution in [2.45, 2.75) is 19.3 Å². The van der Waals surface area contributed by atoms with Crippen molar-refractivity contribution in [3.8, 4) is 11.1 Å². The second kappa shape index (κ2) is 5.45. The summed E-state index contributed by atoms with van der Waals surface area (Å²) in [7, 11) is 1.33. The SMILES string of the molecule is COC(=O)C(C)([11CH3])c1ccc(-c2ccccc2)c(F)c1. The number of carbonyl (C=O) groups is 1. The van der Waals surface area contributed by atoms with Crippen LogP contribution in [0.3, 0.4) is 0 Å². The van der Waals surface area contributed by atoms with Crippen LogP contribution in [0.1, 0.15) is 19.4 Å². The Morgan fingerprint density at radius 3 is 2.30 bits per heavy atom. The Hall–Kier alpha value is -2.16. The van der Waals surface area contributed by atoms with Crippen molar-refractivity contribution >= 4 is 5.97 Å². The van der Waals surface area contributed by atoms with Gasteiger partial charge in [-0.2, -0.15) is 0 Å². The number of carbonyl (C=O) groups excluding carboxylic acids is 1. The van der Waals surface area contributed by atoms with Crippen LogP contribution in [-0.2, 0) is 14.9 Å². The van der Waals surface area contributed by atoms with Gasteiger partial charge in [0.15, 0.2) is 0 Å². The average Bonchev–Trinajstić information content (AvgIpc) is 2.47. The van der Waals surface area contributed by atoms with Gasteiger partial charge < -0.3 is 4.74 Å². The van der Waals surface area contributed by atoms with Crippen LogP contribution in [0.5, 0.6) is 0 Å². The highest BCUT2D eigenvalue weighted by molar-refractivity contribution is 5.82. The maximum atomic E-state index is 14.3. The molecule has 2 aromatic rings. The second-order valence-corrected chi connectivity index (χ2v) is 5.18. The first-order chi connectivity index (χ1) is 9.46. The van der Waals surface area contributed by atoms with Gasteiger partial charge in [-0.3, -0.25) is 4.79 Å². The van der Waals surface area contributed by atoms with E-state index in [2.05, 4.69) is 0 Å². The number of hydrogen-bond acceptors (Lipinski definition) is 2. The van der Waals surface area contributed by atoms with E-state index in [1.54, 1.807) is 26.0 Å². The van der Waals surface area contributed by atoms with Gasteiger partial charge in [0.2, 0.25) is 0 Å². The normalized spacial score (nSPS) is 13.6. The lowest BCUT2D eigenvalue weighted by Gasteiger charge is -2.22. The van der Waals surface area contributed by atoms with Crippen LogP contribution < -0.4 is 0 Å². The first-order valence-electron chi connectivity index (χ1n) is 6.40. The molecule has 104 valence electrons. The zero-order chi connectivity index (χ0) is 14.8. The van der Waals surface area contributed by atoms with Gasteiger partial charge in [0.1, 0.15) is 5.82 Å². The molecule has 0 saturated heterocycles. The van der Waals surface area contributed by atoms with Crippen molar-refractivity contribution in [1.82, 2.24) is 0 Å². The van der Waals surface area contributed by atoms with Crippen molar-refractivity contribution in [1.29, 1.82) is 0 Å². The molecule has 2 aromatic carbocycles. The predicted octanol–water partition coefficient (Wildman–Crippen LogP) is 3.94. The lowest BCUT2D eigenvalue weighted by atomic mass is 9.70. The average molecular weight is 271 g/mol. The maximum absolute atomic E-state index is 14.3. The highest BCUT2D eigenvalue weighted by Gasteiger charge is 2.31. The summed E-state index contributed by atoms with van der Waals surface area (Å²) in [6.07, 6.45) is 0. The van der Waals surface area contributed by atoms with Crippen LogP contribution in [0, 0.1) is 5.82 Å². The fourth-order valence-corrected chi connectivity index (χ4v) is 2.13. The van der Waals surface area contributed by atoms with Gasteiger partial charge in [0, 0.05) is 5.56 Å². The molecular formula is C17H17FO2. The molecule has 0 N–H and O–H groups in total. The summed E-state index contributed by atoms with van der Waals surface area (Å²) < 4.78 is 19.0. The van der Waals surface area contributed by atoms with E-state index in [0.29, 0.717) is 11.1 Å². The molecule has 1 atom stereocenters. The number of methoxy groups -OCH3 is 1. The molecule has 0 aliphatic heterocycles. The van der Waals surface area contributed by atoms with Crippen LogP contribution in [0.4, 0.5) is 4.39 Å². The van der Waals surface area contributed by atoms with Crippen molar-refractivity contribution in [2.24, 2.45) is 0 Å². The molecule has 0 fully saturated rings. The van der Waals surface area contributed by atoms with Crippen molar-refractivity contribution < 1.29 is 13.9 Å². The molecule has 2 rings (SSSR count). The summed E-state index contributed by atoms with van der Waals surface area (Å²) in [6, 6.07) is 14.2. The van der Waals surface area contributed by atoms with Gasteiger partial charge in [0.05, 0.1) is 12.5 Å². The van der Waals surface area contributed by atoms with E-state index in [0.717, 1.165) is 5.56 Å². The quantitative estimate of drug-likeness (QED) is 0.790. The van der Waals surface area contributed by atoms with Gasteiger partial charge in [-0.15, -0.1) is 0 Å². The van der Waals surface area contributed by atoms with E-state index in [1.165, 1.54) is 13.2 Å². The Labute approximate surface area is 118 Å². The number of ether oxygens (including phenoxy) is 1. The molecule has 0 saturated carbocycles. The van der Waals surface area contributed by atoms with E-state index < -0.39 is 5.41 Å². The largest absolute Gasteiger partial charge is 0.468 e. The lowest BCUT2D eigenvalue weighted by molar-refractivity contribution is -0.146. The Kier molecular flexibility index (Phi) is 3.89. The fourth-order valence-electron chi connectivity index (χ4n) is 2.13. The predicted molar refractivity (Wildman–Crippen MR) is 76.9 cm³/mol. The first-order valence-corrected chi connectivity index (χ1v) is 6.40. The number of hydrogen-bond donors (Lipinski definition) is 0. The van der Waals surface area contributed by atoms with E-state index >= 15 is 0 Å². The number of benzene rings is 2. The van der Waals surface area contributed by atoms with Gasteiger partial charge in [-0.05, 0) is 31.0 Å². The topological polar surface area (TPSA) is 26.3 Å². The minimum absolute atomic E-state index is 0.342. The van der Waals surface area contributed by atoms with E-state index in [9.17, 15) is 9.18 Å². The van der Waals surface area contributed by atoms with Crippen LogP contribution in [-0.4, -0.2) is 13.1 Å². The molecule has 3 heteroatoms. The van der Waals surface area contributed by atoms with Crippen molar-refractivity contribution in [3.05, 3.63) is 59.9 Å². The van der Waals surface area contributed by atoms with Crippen LogP contribution in [0.25, 0.3) is 11.1 Å². The summed E-state index contributed by atoms with van der Waals surface area (Å²) in [4.78, 5) is 11.8. The zero-order valence-electron chi connectivity index (χ0n) is 11.8. The third-order valence-electron chi connectivity index (χ3n) is 3.47. The molecule has 0 aliphatic carbocycles. The van der Waals surface area contributed by atoms with Crippen LogP contribution in [0.2, 0.25) is 0 Å². The second-order valence-electron chi connectivity index (χ2n) is 5.18. The maximum Gasteiger partial charge on any atom is 0.315 e. The third-order valence-corrected chi connectivity index (χ3v) is 3.47. The summed E-state index contributed by atoms with van der Waals surface area (Å²) in [5, 5.41) is 0. The molecule has 0 spiro atoms. The molecule has 0 amide bonds. The third kappa shape index (κ3) is 2.57. The lowest BCUT2D eigenvalue weighted by Crippen LogP contribution is -2.30. The van der Waals surface area contributed by atoms with Crippen molar-refractivity contribution in [3.63, 3.8) is 0 Å². The molecule has 0 heterocycles. The van der Waals surface area contributed by atoms with E-state index in [1.807, 2.05) is 30.3 Å². The van der Waals surface area contributed by atoms with Gasteiger partial charge in [0.25, 0.3) is 0 Å². The summed E-state index contributed by atoms with van der Waals surface area (Å²) in [6.45, 7) is 3.44. The molecule has 0 radical (unpaired) electrons. The number of rotatable bonds is 3. The Morgan fingerprint density at radius 2 is 1.75 bits per heavy atom. The van der Waals surface area contributed by atoms with E-state index in [4.69, 9.17) is 4.74 Å². The van der Waals surface area contributed by atoms with E-state index in [-0.39, 0.29) is 11.8 Å². The molecule has 1 unspecified atom stereocenters. The highest BCUT2D eigenvalue weighted by Crippen LogP contribution is 2.29. The van der Waals surface area contributed by atoms with Crippen LogP contribution in [0.15, 0.2) is 48.5 Å². The minimum Gasteiger partial charge on any atom is -0.468 e. The first kappa shape index (κ1) is 14.3. The van der Waals surface area contributed by atoms with Gasteiger partial charge in [-0.25, -0.2) is 4.39 Å². The summed E-state index contributed by atoms with van der Waals surface area (Å²) in [5.74, 6) is -0.727. The molecule has 20 heavy (non-hydrogen) atoms. The molecule has 2 nitrogen and oxygen atoms in total. The molecule has 0 bridgehead atoms. The fraction of sp³-hybridized carbons (Fsp3) is 0.235. The standard InChI is InChI=1S/C17H17FO2/c1-17(2,16(19)20-3)13-9-10-14(15(18)11-13)12-7-5-4-6-8-12/h4-11H,1-3H3/i1-1. The number of esters is 1. The minimum atomic E-state index is -0.870. The smallest absolute Gasteiger partial charge is 0.315 e. The Morgan fingerprint density at radius 1 is 1.10 bits per heavy atom.